The van der Waals surface area contributed by atoms with Gasteiger partial charge in [-0.15, -0.1) is 0 Å². The summed E-state index contributed by atoms with van der Waals surface area (Å²) in [6, 6.07) is 14.2. The van der Waals surface area contributed by atoms with Crippen LogP contribution in [0.5, 0.6) is 11.6 Å². The van der Waals surface area contributed by atoms with Crippen LogP contribution in [-0.2, 0) is 17.5 Å². The summed E-state index contributed by atoms with van der Waals surface area (Å²) in [6.45, 7) is 1.20. The van der Waals surface area contributed by atoms with E-state index in [0.29, 0.717) is 48.7 Å². The maximum Gasteiger partial charge on any atom is 0.449 e. The van der Waals surface area contributed by atoms with Gasteiger partial charge in [-0.1, -0.05) is 24.6 Å². The van der Waals surface area contributed by atoms with Crippen molar-refractivity contribution in [3.8, 4) is 22.9 Å². The Morgan fingerprint density at radius 1 is 0.978 bits per heavy atom. The highest BCUT2D eigenvalue weighted by atomic mass is 19.4. The molecule has 1 saturated heterocycles. The summed E-state index contributed by atoms with van der Waals surface area (Å²) in [4.78, 5) is 34.8. The van der Waals surface area contributed by atoms with Crippen LogP contribution >= 0.6 is 0 Å². The summed E-state index contributed by atoms with van der Waals surface area (Å²) in [6.07, 6.45) is 0.903. The Balaban J connectivity index is 1.25. The van der Waals surface area contributed by atoms with Crippen molar-refractivity contribution in [1.82, 2.24) is 34.3 Å². The molecule has 13 heteroatoms. The van der Waals surface area contributed by atoms with Gasteiger partial charge in [0.2, 0.25) is 17.6 Å². The SMILES string of the molecule is COc1ccc2nc(C(F)(F)F)n(CC(=O)N3CCN(C4CCC4)CCC3c3ncc(-c4cc5ccccc5nc4OC)[nH]3)c2c1. The Morgan fingerprint density at radius 2 is 1.80 bits per heavy atom. The molecule has 1 amide bonds. The summed E-state index contributed by atoms with van der Waals surface area (Å²) < 4.78 is 54.4. The number of fused-ring (bicyclic) bond motifs is 2. The van der Waals surface area contributed by atoms with Crippen LogP contribution < -0.4 is 9.47 Å². The number of benzene rings is 2. The Labute approximate surface area is 263 Å². The standard InChI is InChI=1S/C33H34F3N7O3/c1-45-22-10-11-25-28(17-22)43(32(40-25)33(34,35)36)19-29(44)42-15-14-41(21-7-5-8-21)13-12-27(42)30-37-18-26(38-30)23-16-20-6-3-4-9-24(20)39-31(23)46-2/h3-4,6,9-11,16-18,21,27H,5,7-8,12-15,19H2,1-2H3,(H,37,38). The number of nitrogens with one attached hydrogen (secondary N) is 1. The molecule has 1 aliphatic heterocycles. The number of nitrogens with zero attached hydrogens (tertiary/aromatic N) is 6. The molecule has 2 aliphatic rings. The first-order chi connectivity index (χ1) is 22.2. The highest BCUT2D eigenvalue weighted by molar-refractivity contribution is 5.85. The predicted octanol–water partition coefficient (Wildman–Crippen LogP) is 5.84. The number of carbonyl (C=O) groups is 1. The minimum atomic E-state index is -4.76. The summed E-state index contributed by atoms with van der Waals surface area (Å²) in [5.74, 6) is -0.206. The molecule has 2 fully saturated rings. The predicted molar refractivity (Wildman–Crippen MR) is 165 cm³/mol. The molecular weight excluding hydrogens is 599 g/mol. The van der Waals surface area contributed by atoms with Gasteiger partial charge in [-0.2, -0.15) is 13.2 Å². The van der Waals surface area contributed by atoms with Gasteiger partial charge in [0.25, 0.3) is 0 Å². The number of H-pyrrole nitrogens is 1. The van der Waals surface area contributed by atoms with Crippen LogP contribution in [0.4, 0.5) is 13.2 Å². The molecule has 5 aromatic rings. The normalized spacial score (nSPS) is 18.1. The molecule has 0 bridgehead atoms. The number of methoxy groups -OCH3 is 2. The van der Waals surface area contributed by atoms with Gasteiger partial charge in [0, 0.05) is 37.1 Å². The molecule has 2 aromatic carbocycles. The van der Waals surface area contributed by atoms with Crippen molar-refractivity contribution >= 4 is 27.8 Å². The van der Waals surface area contributed by atoms with Crippen LogP contribution in [0, 0.1) is 0 Å². The van der Waals surface area contributed by atoms with E-state index in [-0.39, 0.29) is 11.0 Å². The molecule has 3 aromatic heterocycles. The van der Waals surface area contributed by atoms with Gasteiger partial charge < -0.3 is 23.9 Å². The molecule has 10 nitrogen and oxygen atoms in total. The number of carbonyl (C=O) groups excluding carboxylic acids is 1. The zero-order chi connectivity index (χ0) is 32.0. The molecule has 1 unspecified atom stereocenters. The molecule has 4 heterocycles. The molecule has 1 N–H and O–H groups in total. The van der Waals surface area contributed by atoms with Gasteiger partial charge in [0.05, 0.1) is 54.3 Å². The lowest BCUT2D eigenvalue weighted by atomic mass is 9.91. The fraction of sp³-hybridized carbons (Fsp3) is 0.394. The highest BCUT2D eigenvalue weighted by Crippen LogP contribution is 2.36. The number of pyridine rings is 1. The van der Waals surface area contributed by atoms with Gasteiger partial charge in [-0.05, 0) is 43.5 Å². The van der Waals surface area contributed by atoms with Crippen molar-refractivity contribution in [2.45, 2.75) is 50.5 Å². The smallest absolute Gasteiger partial charge is 0.449 e. The Morgan fingerprint density at radius 3 is 2.54 bits per heavy atom. The van der Waals surface area contributed by atoms with Crippen molar-refractivity contribution in [2.24, 2.45) is 0 Å². The minimum Gasteiger partial charge on any atom is -0.497 e. The van der Waals surface area contributed by atoms with E-state index in [0.717, 1.165) is 40.4 Å². The Kier molecular flexibility index (Phi) is 7.79. The van der Waals surface area contributed by atoms with E-state index in [9.17, 15) is 18.0 Å². The van der Waals surface area contributed by atoms with Crippen molar-refractivity contribution in [3.05, 3.63) is 66.4 Å². The third-order valence-corrected chi connectivity index (χ3v) is 9.19. The van der Waals surface area contributed by atoms with E-state index in [4.69, 9.17) is 14.5 Å². The van der Waals surface area contributed by atoms with E-state index >= 15 is 0 Å². The fourth-order valence-electron chi connectivity index (χ4n) is 6.57. The number of halogens is 3. The number of ether oxygens (including phenoxy) is 2. The number of rotatable bonds is 7. The average Bonchev–Trinajstić information content (AvgIpc) is 3.59. The lowest BCUT2D eigenvalue weighted by Gasteiger charge is -2.36. The van der Waals surface area contributed by atoms with Crippen LogP contribution in [0.25, 0.3) is 33.2 Å². The maximum atomic E-state index is 14.2. The van der Waals surface area contributed by atoms with Gasteiger partial charge in [0.1, 0.15) is 18.1 Å². The van der Waals surface area contributed by atoms with Gasteiger partial charge >= 0.3 is 6.18 Å². The van der Waals surface area contributed by atoms with Crippen LogP contribution in [-0.4, -0.2) is 80.1 Å². The molecule has 0 radical (unpaired) electrons. The van der Waals surface area contributed by atoms with E-state index in [1.807, 2.05) is 30.3 Å². The minimum absolute atomic E-state index is 0.137. The summed E-state index contributed by atoms with van der Waals surface area (Å²) in [7, 11) is 3.00. The number of aromatic amines is 1. The second-order valence-corrected chi connectivity index (χ2v) is 11.8. The molecular formula is C33H34F3N7O3. The molecule has 7 rings (SSSR count). The van der Waals surface area contributed by atoms with Crippen LogP contribution in [0.3, 0.4) is 0 Å². The quantitative estimate of drug-likeness (QED) is 0.240. The summed E-state index contributed by atoms with van der Waals surface area (Å²) >= 11 is 0. The second-order valence-electron chi connectivity index (χ2n) is 11.8. The first-order valence-electron chi connectivity index (χ1n) is 15.4. The first-order valence-corrected chi connectivity index (χ1v) is 15.4. The lowest BCUT2D eigenvalue weighted by Crippen LogP contribution is -2.43. The Hall–Kier alpha value is -4.65. The number of imidazole rings is 2. The van der Waals surface area contributed by atoms with Crippen molar-refractivity contribution in [1.29, 1.82) is 0 Å². The molecule has 240 valence electrons. The van der Waals surface area contributed by atoms with E-state index in [1.165, 1.54) is 25.7 Å². The zero-order valence-corrected chi connectivity index (χ0v) is 25.5. The molecule has 1 saturated carbocycles. The number of hydrogen-bond donors (Lipinski definition) is 1. The maximum absolute atomic E-state index is 14.2. The third kappa shape index (κ3) is 5.52. The zero-order valence-electron chi connectivity index (χ0n) is 25.5. The van der Waals surface area contributed by atoms with E-state index < -0.39 is 30.5 Å². The monoisotopic (exact) mass is 633 g/mol. The van der Waals surface area contributed by atoms with Crippen LogP contribution in [0.1, 0.15) is 43.4 Å². The lowest BCUT2D eigenvalue weighted by molar-refractivity contribution is -0.148. The average molecular weight is 634 g/mol. The molecule has 1 atom stereocenters. The summed E-state index contributed by atoms with van der Waals surface area (Å²) in [5.41, 5.74) is 2.50. The van der Waals surface area contributed by atoms with Crippen LogP contribution in [0.2, 0.25) is 0 Å². The Bertz CT molecular complexity index is 1900. The number of alkyl halides is 3. The third-order valence-electron chi connectivity index (χ3n) is 9.19. The number of para-hydroxylation sites is 1. The van der Waals surface area contributed by atoms with Gasteiger partial charge in [0.15, 0.2) is 0 Å². The highest BCUT2D eigenvalue weighted by Gasteiger charge is 2.40. The first kappa shape index (κ1) is 30.0. The van der Waals surface area contributed by atoms with Crippen molar-refractivity contribution in [3.63, 3.8) is 0 Å². The molecule has 1 aliphatic carbocycles. The topological polar surface area (TPSA) is 101 Å². The fourth-order valence-corrected chi connectivity index (χ4v) is 6.57. The van der Waals surface area contributed by atoms with Crippen LogP contribution in [0.15, 0.2) is 54.7 Å². The number of aromatic nitrogens is 5. The van der Waals surface area contributed by atoms with Gasteiger partial charge in [-0.25, -0.2) is 15.0 Å². The van der Waals surface area contributed by atoms with E-state index in [2.05, 4.69) is 19.9 Å². The number of hydrogen-bond acceptors (Lipinski definition) is 7. The summed E-state index contributed by atoms with van der Waals surface area (Å²) in [5, 5.41) is 0.932. The van der Waals surface area contributed by atoms with Gasteiger partial charge in [-0.3, -0.25) is 9.69 Å². The van der Waals surface area contributed by atoms with Crippen molar-refractivity contribution in [2.75, 3.05) is 33.9 Å². The van der Waals surface area contributed by atoms with E-state index in [1.54, 1.807) is 24.3 Å². The van der Waals surface area contributed by atoms with Crippen molar-refractivity contribution < 1.29 is 27.4 Å². The molecule has 46 heavy (non-hydrogen) atoms. The number of amides is 1. The molecule has 0 spiro atoms. The second kappa shape index (κ2) is 11.9. The largest absolute Gasteiger partial charge is 0.497 e.